The third-order valence-corrected chi connectivity index (χ3v) is 6.10. The van der Waals surface area contributed by atoms with E-state index in [1.165, 1.54) is 6.07 Å². The van der Waals surface area contributed by atoms with Crippen molar-refractivity contribution in [2.75, 3.05) is 4.90 Å². The van der Waals surface area contributed by atoms with Crippen molar-refractivity contribution in [2.45, 2.75) is 12.1 Å². The van der Waals surface area contributed by atoms with Crippen LogP contribution in [0.25, 0.3) is 0 Å². The minimum Gasteiger partial charge on any atom is -0.351 e. The lowest BCUT2D eigenvalue weighted by Crippen LogP contribution is -2.29. The Labute approximate surface area is 162 Å². The zero-order valence-corrected chi connectivity index (χ0v) is 16.1. The number of hydrogen-bond donors (Lipinski definition) is 1. The van der Waals surface area contributed by atoms with Crippen molar-refractivity contribution < 1.29 is 4.39 Å². The molecule has 0 unspecified atom stereocenters. The minimum absolute atomic E-state index is 0.154. The topological polar surface area (TPSA) is 28.2 Å². The maximum Gasteiger partial charge on any atom is 0.174 e. The van der Waals surface area contributed by atoms with Crippen LogP contribution in [0.5, 0.6) is 0 Å². The largest absolute Gasteiger partial charge is 0.351 e. The van der Waals surface area contributed by atoms with Crippen molar-refractivity contribution in [2.24, 2.45) is 0 Å². The van der Waals surface area contributed by atoms with Gasteiger partial charge in [0.1, 0.15) is 5.82 Å². The first kappa shape index (κ1) is 16.6. The summed E-state index contributed by atoms with van der Waals surface area (Å²) >= 11 is 10.7. The number of nitrogens with zero attached hydrogens (tertiary/aromatic N) is 2. The van der Waals surface area contributed by atoms with E-state index in [2.05, 4.69) is 26.2 Å². The number of pyridine rings is 1. The van der Waals surface area contributed by atoms with Gasteiger partial charge in [-0.3, -0.25) is 4.98 Å². The van der Waals surface area contributed by atoms with Crippen LogP contribution in [-0.4, -0.2) is 10.1 Å². The highest BCUT2D eigenvalue weighted by Gasteiger charge is 2.42. The molecule has 25 heavy (non-hydrogen) atoms. The summed E-state index contributed by atoms with van der Waals surface area (Å²) in [6.07, 6.45) is 1.76. The maximum absolute atomic E-state index is 14.5. The number of para-hydroxylation sites is 1. The molecule has 4 rings (SSSR count). The van der Waals surface area contributed by atoms with Gasteiger partial charge in [0, 0.05) is 11.1 Å². The number of aromatic nitrogens is 1. The van der Waals surface area contributed by atoms with Crippen molar-refractivity contribution >= 4 is 50.3 Å². The highest BCUT2D eigenvalue weighted by Crippen LogP contribution is 2.44. The Bertz CT molecular complexity index is 915. The Balaban J connectivity index is 1.85. The Kier molecular flexibility index (Phi) is 4.54. The molecule has 1 N–H and O–H groups in total. The van der Waals surface area contributed by atoms with Crippen LogP contribution < -0.4 is 10.2 Å². The van der Waals surface area contributed by atoms with Gasteiger partial charge in [-0.05, 0) is 64.5 Å². The highest BCUT2D eigenvalue weighted by atomic mass is 79.9. The van der Waals surface area contributed by atoms with Crippen LogP contribution in [-0.2, 0) is 0 Å². The van der Waals surface area contributed by atoms with E-state index in [1.54, 1.807) is 29.7 Å². The van der Waals surface area contributed by atoms with E-state index in [0.29, 0.717) is 10.8 Å². The molecular formula is C18H13BrFN3S2. The first-order valence-electron chi connectivity index (χ1n) is 7.65. The van der Waals surface area contributed by atoms with Crippen molar-refractivity contribution in [1.82, 2.24) is 10.3 Å². The standard InChI is InChI=1S/C18H13BrFN3S2/c19-15-9-8-14(25-15)17-16(12-6-3-4-10-21-12)22-18(24)23(17)13-7-2-1-5-11(13)20/h1-10,16-17H,(H,22,24)/t16-,17-/m1/s1. The second-order valence-corrected chi connectivity index (χ2v) is 8.47. The molecule has 0 amide bonds. The fourth-order valence-corrected chi connectivity index (χ4v) is 4.93. The van der Waals surface area contributed by atoms with Gasteiger partial charge in [0.2, 0.25) is 0 Å². The molecule has 0 spiro atoms. The van der Waals surface area contributed by atoms with E-state index >= 15 is 0 Å². The second kappa shape index (κ2) is 6.82. The third-order valence-electron chi connectivity index (χ3n) is 4.10. The Morgan fingerprint density at radius 1 is 1.12 bits per heavy atom. The van der Waals surface area contributed by atoms with Crippen LogP contribution in [0.3, 0.4) is 0 Å². The van der Waals surface area contributed by atoms with Crippen LogP contribution in [0.4, 0.5) is 10.1 Å². The van der Waals surface area contributed by atoms with E-state index in [1.807, 2.05) is 41.3 Å². The molecule has 126 valence electrons. The number of rotatable bonds is 3. The summed E-state index contributed by atoms with van der Waals surface area (Å²) < 4.78 is 15.5. The molecule has 1 fully saturated rings. The first-order chi connectivity index (χ1) is 12.1. The number of anilines is 1. The van der Waals surface area contributed by atoms with E-state index < -0.39 is 0 Å². The molecule has 1 saturated heterocycles. The Morgan fingerprint density at radius 2 is 1.92 bits per heavy atom. The van der Waals surface area contributed by atoms with Gasteiger partial charge in [0.15, 0.2) is 5.11 Å². The fraction of sp³-hybridized carbons (Fsp3) is 0.111. The zero-order valence-electron chi connectivity index (χ0n) is 12.9. The lowest BCUT2D eigenvalue weighted by Gasteiger charge is -2.27. The van der Waals surface area contributed by atoms with Crippen molar-refractivity contribution in [3.8, 4) is 0 Å². The molecule has 0 radical (unpaired) electrons. The first-order valence-corrected chi connectivity index (χ1v) is 9.67. The Morgan fingerprint density at radius 3 is 2.60 bits per heavy atom. The number of nitrogens with one attached hydrogen (secondary N) is 1. The molecule has 0 aliphatic carbocycles. The lowest BCUT2D eigenvalue weighted by atomic mass is 10.0. The number of hydrogen-bond acceptors (Lipinski definition) is 3. The van der Waals surface area contributed by atoms with Gasteiger partial charge in [-0.1, -0.05) is 18.2 Å². The van der Waals surface area contributed by atoms with Crippen LogP contribution >= 0.6 is 39.5 Å². The average molecular weight is 434 g/mol. The van der Waals surface area contributed by atoms with Gasteiger partial charge in [-0.25, -0.2) is 4.39 Å². The average Bonchev–Trinajstić information content (AvgIpc) is 3.19. The van der Waals surface area contributed by atoms with Crippen molar-refractivity contribution in [3.63, 3.8) is 0 Å². The van der Waals surface area contributed by atoms with Crippen molar-refractivity contribution in [1.29, 1.82) is 0 Å². The highest BCUT2D eigenvalue weighted by molar-refractivity contribution is 9.11. The summed E-state index contributed by atoms with van der Waals surface area (Å²) in [5.74, 6) is -0.297. The number of thiocarbonyl (C=S) groups is 1. The molecule has 1 aromatic carbocycles. The molecule has 0 saturated carbocycles. The summed E-state index contributed by atoms with van der Waals surface area (Å²) in [5, 5.41) is 3.82. The van der Waals surface area contributed by atoms with Gasteiger partial charge in [0.05, 0.1) is 27.3 Å². The fourth-order valence-electron chi connectivity index (χ4n) is 3.04. The van der Waals surface area contributed by atoms with E-state index in [9.17, 15) is 4.39 Å². The predicted molar refractivity (Wildman–Crippen MR) is 106 cm³/mol. The van der Waals surface area contributed by atoms with Crippen LogP contribution in [0, 0.1) is 5.82 Å². The molecule has 3 aromatic rings. The number of halogens is 2. The smallest absolute Gasteiger partial charge is 0.174 e. The monoisotopic (exact) mass is 433 g/mol. The molecular weight excluding hydrogens is 421 g/mol. The SMILES string of the molecule is Fc1ccccc1N1C(=S)N[C@H](c2ccccn2)[C@H]1c1ccc(Br)s1. The minimum atomic E-state index is -0.297. The van der Waals surface area contributed by atoms with E-state index in [-0.39, 0.29) is 17.9 Å². The van der Waals surface area contributed by atoms with E-state index in [0.717, 1.165) is 14.4 Å². The number of benzene rings is 1. The predicted octanol–water partition coefficient (Wildman–Crippen LogP) is 5.22. The van der Waals surface area contributed by atoms with Gasteiger partial charge >= 0.3 is 0 Å². The molecule has 1 aliphatic heterocycles. The lowest BCUT2D eigenvalue weighted by molar-refractivity contribution is 0.565. The van der Waals surface area contributed by atoms with Crippen LogP contribution in [0.15, 0.2) is 64.6 Å². The van der Waals surface area contributed by atoms with E-state index in [4.69, 9.17) is 12.2 Å². The summed E-state index contributed by atoms with van der Waals surface area (Å²) in [6, 6.07) is 16.2. The second-order valence-electron chi connectivity index (χ2n) is 5.59. The number of thiophene rings is 1. The molecule has 3 heterocycles. The van der Waals surface area contributed by atoms with Crippen molar-refractivity contribution in [3.05, 3.63) is 81.0 Å². The molecule has 1 aliphatic rings. The van der Waals surface area contributed by atoms with Gasteiger partial charge in [-0.2, -0.15) is 0 Å². The van der Waals surface area contributed by atoms with Crippen LogP contribution in [0.2, 0.25) is 0 Å². The molecule has 2 aromatic heterocycles. The van der Waals surface area contributed by atoms with Crippen LogP contribution in [0.1, 0.15) is 22.7 Å². The molecule has 7 heteroatoms. The summed E-state index contributed by atoms with van der Waals surface area (Å²) in [4.78, 5) is 7.41. The Hall–Kier alpha value is -1.83. The molecule has 3 nitrogen and oxygen atoms in total. The quantitative estimate of drug-likeness (QED) is 0.572. The normalized spacial score (nSPS) is 19.9. The third kappa shape index (κ3) is 3.07. The van der Waals surface area contributed by atoms with Gasteiger partial charge in [-0.15, -0.1) is 11.3 Å². The summed E-state index contributed by atoms with van der Waals surface area (Å²) in [6.45, 7) is 0. The zero-order chi connectivity index (χ0) is 17.4. The van der Waals surface area contributed by atoms with Gasteiger partial charge in [0.25, 0.3) is 0 Å². The molecule has 0 bridgehead atoms. The molecule has 2 atom stereocenters. The maximum atomic E-state index is 14.5. The summed E-state index contributed by atoms with van der Waals surface area (Å²) in [5.41, 5.74) is 1.34. The van der Waals surface area contributed by atoms with Gasteiger partial charge < -0.3 is 10.2 Å². The summed E-state index contributed by atoms with van der Waals surface area (Å²) in [7, 11) is 0.